The molecular formula is C15H15N3O2. The van der Waals surface area contributed by atoms with Crippen LogP contribution in [0.15, 0.2) is 36.7 Å². The lowest BCUT2D eigenvalue weighted by molar-refractivity contribution is -0.384. The van der Waals surface area contributed by atoms with Crippen molar-refractivity contribution in [3.63, 3.8) is 0 Å². The third kappa shape index (κ3) is 2.22. The minimum atomic E-state index is -0.355. The van der Waals surface area contributed by atoms with Crippen LogP contribution in [0.1, 0.15) is 16.7 Å². The van der Waals surface area contributed by atoms with Crippen molar-refractivity contribution in [3.8, 4) is 0 Å². The van der Waals surface area contributed by atoms with Crippen LogP contribution in [0.3, 0.4) is 0 Å². The molecule has 1 aromatic carbocycles. The van der Waals surface area contributed by atoms with Crippen molar-refractivity contribution in [2.45, 2.75) is 19.9 Å². The van der Waals surface area contributed by atoms with Gasteiger partial charge in [0.2, 0.25) is 0 Å². The molecule has 0 radical (unpaired) electrons. The summed E-state index contributed by atoms with van der Waals surface area (Å²) in [6.45, 7) is 3.65. The fourth-order valence-electron chi connectivity index (χ4n) is 2.70. The molecule has 0 unspecified atom stereocenters. The largest absolute Gasteiger partial charge is 0.367 e. The summed E-state index contributed by atoms with van der Waals surface area (Å²) in [5.74, 6) is 0. The smallest absolute Gasteiger partial charge is 0.269 e. The van der Waals surface area contributed by atoms with Gasteiger partial charge >= 0.3 is 0 Å². The normalized spacial score (nSPS) is 13.9. The molecule has 1 aliphatic rings. The van der Waals surface area contributed by atoms with Crippen LogP contribution in [0.5, 0.6) is 0 Å². The Morgan fingerprint density at radius 2 is 2.15 bits per heavy atom. The Labute approximate surface area is 117 Å². The van der Waals surface area contributed by atoms with Gasteiger partial charge in [0.05, 0.1) is 4.92 Å². The maximum absolute atomic E-state index is 10.8. The fraction of sp³-hybridized carbons (Fsp3) is 0.267. The number of pyridine rings is 1. The maximum atomic E-state index is 10.8. The van der Waals surface area contributed by atoms with Gasteiger partial charge in [-0.3, -0.25) is 15.1 Å². The lowest BCUT2D eigenvalue weighted by Crippen LogP contribution is -2.30. The first-order chi connectivity index (χ1) is 9.65. The molecule has 0 bridgehead atoms. The monoisotopic (exact) mass is 269 g/mol. The van der Waals surface area contributed by atoms with Crippen LogP contribution in [0.25, 0.3) is 0 Å². The van der Waals surface area contributed by atoms with E-state index in [4.69, 9.17) is 0 Å². The second-order valence-electron chi connectivity index (χ2n) is 5.04. The van der Waals surface area contributed by atoms with E-state index in [1.165, 1.54) is 11.1 Å². The van der Waals surface area contributed by atoms with Gasteiger partial charge in [0, 0.05) is 43.3 Å². The Morgan fingerprint density at radius 3 is 2.90 bits per heavy atom. The van der Waals surface area contributed by atoms with Gasteiger partial charge in [0.1, 0.15) is 0 Å². The molecular weight excluding hydrogens is 254 g/mol. The highest BCUT2D eigenvalue weighted by Crippen LogP contribution is 2.29. The van der Waals surface area contributed by atoms with Crippen molar-refractivity contribution in [1.29, 1.82) is 0 Å². The first-order valence-electron chi connectivity index (χ1n) is 6.57. The molecule has 3 rings (SSSR count). The average molecular weight is 269 g/mol. The molecule has 0 N–H and O–H groups in total. The number of aromatic nitrogens is 1. The summed E-state index contributed by atoms with van der Waals surface area (Å²) in [6.07, 6.45) is 4.71. The zero-order valence-corrected chi connectivity index (χ0v) is 11.2. The molecule has 2 aromatic rings. The molecule has 0 saturated carbocycles. The van der Waals surface area contributed by atoms with Crippen molar-refractivity contribution in [1.82, 2.24) is 4.98 Å². The van der Waals surface area contributed by atoms with Gasteiger partial charge in [-0.15, -0.1) is 0 Å². The second-order valence-corrected chi connectivity index (χ2v) is 5.04. The van der Waals surface area contributed by atoms with Gasteiger partial charge < -0.3 is 4.90 Å². The Kier molecular flexibility index (Phi) is 3.10. The number of hydrogen-bond acceptors (Lipinski definition) is 4. The van der Waals surface area contributed by atoms with E-state index in [-0.39, 0.29) is 10.6 Å². The number of hydrogen-bond donors (Lipinski definition) is 0. The van der Waals surface area contributed by atoms with Gasteiger partial charge in [-0.2, -0.15) is 0 Å². The van der Waals surface area contributed by atoms with Crippen LogP contribution in [0, 0.1) is 17.0 Å². The standard InChI is InChI=1S/C15H15N3O2/c1-11-8-14(18(19)20)2-3-15(11)17-7-5-12-4-6-16-9-13(12)10-17/h2-4,6,8-9H,5,7,10H2,1H3. The highest BCUT2D eigenvalue weighted by molar-refractivity contribution is 5.58. The highest BCUT2D eigenvalue weighted by atomic mass is 16.6. The summed E-state index contributed by atoms with van der Waals surface area (Å²) >= 11 is 0. The molecule has 2 heterocycles. The summed E-state index contributed by atoms with van der Waals surface area (Å²) in [4.78, 5) is 16.9. The van der Waals surface area contributed by atoms with E-state index in [1.807, 2.05) is 25.4 Å². The molecule has 0 spiro atoms. The lowest BCUT2D eigenvalue weighted by Gasteiger charge is -2.31. The number of nitro groups is 1. The minimum Gasteiger partial charge on any atom is -0.367 e. The average Bonchev–Trinajstić information content (AvgIpc) is 2.46. The van der Waals surface area contributed by atoms with Crippen LogP contribution in [0.4, 0.5) is 11.4 Å². The summed E-state index contributed by atoms with van der Waals surface area (Å²) in [5, 5.41) is 10.8. The molecule has 0 saturated heterocycles. The van der Waals surface area contributed by atoms with Crippen LogP contribution < -0.4 is 4.90 Å². The Hall–Kier alpha value is -2.43. The number of anilines is 1. The predicted molar refractivity (Wildman–Crippen MR) is 76.8 cm³/mol. The topological polar surface area (TPSA) is 59.3 Å². The number of nitro benzene ring substituents is 1. The summed E-state index contributed by atoms with van der Waals surface area (Å²) in [7, 11) is 0. The highest BCUT2D eigenvalue weighted by Gasteiger charge is 2.19. The van der Waals surface area contributed by atoms with Crippen molar-refractivity contribution in [2.24, 2.45) is 0 Å². The van der Waals surface area contributed by atoms with E-state index < -0.39 is 0 Å². The molecule has 20 heavy (non-hydrogen) atoms. The van der Waals surface area contributed by atoms with Crippen molar-refractivity contribution in [3.05, 3.63) is 63.5 Å². The Balaban J connectivity index is 1.90. The van der Waals surface area contributed by atoms with E-state index in [9.17, 15) is 10.1 Å². The predicted octanol–water partition coefficient (Wildman–Crippen LogP) is 2.86. The zero-order valence-electron chi connectivity index (χ0n) is 11.2. The quantitative estimate of drug-likeness (QED) is 0.621. The number of rotatable bonds is 2. The molecule has 0 fully saturated rings. The molecule has 0 aliphatic carbocycles. The minimum absolute atomic E-state index is 0.144. The number of benzene rings is 1. The second kappa shape index (κ2) is 4.92. The molecule has 1 aliphatic heterocycles. The van der Waals surface area contributed by atoms with E-state index in [1.54, 1.807) is 12.1 Å². The third-order valence-corrected chi connectivity index (χ3v) is 3.75. The lowest BCUT2D eigenvalue weighted by atomic mass is 10.0. The number of fused-ring (bicyclic) bond motifs is 1. The van der Waals surface area contributed by atoms with Crippen LogP contribution >= 0.6 is 0 Å². The van der Waals surface area contributed by atoms with E-state index in [2.05, 4.69) is 16.0 Å². The van der Waals surface area contributed by atoms with Crippen LogP contribution in [-0.2, 0) is 13.0 Å². The molecule has 102 valence electrons. The van der Waals surface area contributed by atoms with Crippen LogP contribution in [0.2, 0.25) is 0 Å². The van der Waals surface area contributed by atoms with Crippen molar-refractivity contribution >= 4 is 11.4 Å². The molecule has 5 nitrogen and oxygen atoms in total. The van der Waals surface area contributed by atoms with Crippen LogP contribution in [-0.4, -0.2) is 16.5 Å². The van der Waals surface area contributed by atoms with Gasteiger partial charge in [-0.05, 0) is 42.2 Å². The summed E-state index contributed by atoms with van der Waals surface area (Å²) in [5.41, 5.74) is 4.72. The Morgan fingerprint density at radius 1 is 1.30 bits per heavy atom. The SMILES string of the molecule is Cc1cc([N+](=O)[O-])ccc1N1CCc2ccncc2C1. The number of non-ortho nitro benzene ring substituents is 1. The van der Waals surface area contributed by atoms with Crippen molar-refractivity contribution in [2.75, 3.05) is 11.4 Å². The fourth-order valence-corrected chi connectivity index (χ4v) is 2.70. The zero-order chi connectivity index (χ0) is 14.1. The maximum Gasteiger partial charge on any atom is 0.269 e. The van der Waals surface area contributed by atoms with E-state index in [0.717, 1.165) is 30.8 Å². The molecule has 0 atom stereocenters. The Bertz CT molecular complexity index is 670. The van der Waals surface area contributed by atoms with E-state index in [0.29, 0.717) is 0 Å². The van der Waals surface area contributed by atoms with E-state index >= 15 is 0 Å². The van der Waals surface area contributed by atoms with Gasteiger partial charge in [0.15, 0.2) is 0 Å². The van der Waals surface area contributed by atoms with Crippen molar-refractivity contribution < 1.29 is 4.92 Å². The van der Waals surface area contributed by atoms with Gasteiger partial charge in [-0.1, -0.05) is 0 Å². The summed E-state index contributed by atoms with van der Waals surface area (Å²) in [6, 6.07) is 7.11. The van der Waals surface area contributed by atoms with Gasteiger partial charge in [-0.25, -0.2) is 0 Å². The summed E-state index contributed by atoms with van der Waals surface area (Å²) < 4.78 is 0. The molecule has 5 heteroatoms. The molecule has 0 amide bonds. The number of nitrogens with zero attached hydrogens (tertiary/aromatic N) is 3. The number of aryl methyl sites for hydroxylation is 1. The first-order valence-corrected chi connectivity index (χ1v) is 6.57. The van der Waals surface area contributed by atoms with Gasteiger partial charge in [0.25, 0.3) is 5.69 Å². The first kappa shape index (κ1) is 12.6. The third-order valence-electron chi connectivity index (χ3n) is 3.75. The molecule has 1 aromatic heterocycles.